The van der Waals surface area contributed by atoms with Crippen LogP contribution in [0.2, 0.25) is 0 Å². The molecule has 2 aromatic rings. The van der Waals surface area contributed by atoms with Crippen molar-refractivity contribution in [2.45, 2.75) is 24.7 Å². The molecule has 3 N–H and O–H groups in total. The number of carboxylic acids is 1. The molecule has 0 saturated carbocycles. The van der Waals surface area contributed by atoms with Gasteiger partial charge in [-0.25, -0.2) is 8.78 Å². The van der Waals surface area contributed by atoms with Crippen LogP contribution in [0.4, 0.5) is 8.78 Å². The van der Waals surface area contributed by atoms with E-state index >= 15 is 0 Å². The number of hydrogen-bond donors (Lipinski definition) is 2. The molecule has 0 aromatic heterocycles. The van der Waals surface area contributed by atoms with Crippen LogP contribution in [0.25, 0.3) is 0 Å². The first-order valence-corrected chi connectivity index (χ1v) is 8.60. The van der Waals surface area contributed by atoms with Gasteiger partial charge in [-0.3, -0.25) is 4.79 Å². The molecule has 0 aliphatic carbocycles. The Morgan fingerprint density at radius 3 is 2.67 bits per heavy atom. The van der Waals surface area contributed by atoms with Crippen molar-refractivity contribution in [3.63, 3.8) is 0 Å². The van der Waals surface area contributed by atoms with Gasteiger partial charge in [0.05, 0.1) is 37.4 Å². The second-order valence-electron chi connectivity index (χ2n) is 6.72. The van der Waals surface area contributed by atoms with Crippen LogP contribution < -0.4 is 5.73 Å². The fourth-order valence-corrected chi connectivity index (χ4v) is 3.35. The van der Waals surface area contributed by atoms with E-state index < -0.39 is 35.2 Å². The highest BCUT2D eigenvalue weighted by Gasteiger charge is 2.48. The van der Waals surface area contributed by atoms with Gasteiger partial charge in [0.2, 0.25) is 0 Å². The number of ether oxygens (including phenoxy) is 2. The zero-order valence-electron chi connectivity index (χ0n) is 14.6. The Kier molecular flexibility index (Phi) is 5.84. The third kappa shape index (κ3) is 4.32. The molecule has 0 unspecified atom stereocenters. The van der Waals surface area contributed by atoms with Gasteiger partial charge in [0.15, 0.2) is 0 Å². The van der Waals surface area contributed by atoms with Gasteiger partial charge in [-0.2, -0.15) is 0 Å². The van der Waals surface area contributed by atoms with Gasteiger partial charge in [0.25, 0.3) is 0 Å². The van der Waals surface area contributed by atoms with Gasteiger partial charge in [-0.15, -0.1) is 0 Å². The molecular weight excluding hydrogens is 356 g/mol. The van der Waals surface area contributed by atoms with E-state index in [0.29, 0.717) is 12.7 Å². The molecular formula is C20H21F2NO4. The summed E-state index contributed by atoms with van der Waals surface area (Å²) >= 11 is 0. The van der Waals surface area contributed by atoms with Crippen molar-refractivity contribution >= 4 is 5.97 Å². The van der Waals surface area contributed by atoms with E-state index in [-0.39, 0.29) is 25.2 Å². The first-order valence-electron chi connectivity index (χ1n) is 8.60. The maximum absolute atomic E-state index is 14.2. The van der Waals surface area contributed by atoms with Crippen LogP contribution in [0.15, 0.2) is 48.5 Å². The number of hydrogen-bond acceptors (Lipinski definition) is 4. The molecule has 3 rings (SSSR count). The minimum absolute atomic E-state index is 0.0669. The van der Waals surface area contributed by atoms with E-state index in [1.807, 2.05) is 30.3 Å². The molecule has 1 aliphatic heterocycles. The summed E-state index contributed by atoms with van der Waals surface area (Å²) in [6.45, 7) is 0.366. The summed E-state index contributed by atoms with van der Waals surface area (Å²) < 4.78 is 38.7. The summed E-state index contributed by atoms with van der Waals surface area (Å²) in [5.74, 6) is -3.88. The van der Waals surface area contributed by atoms with Crippen LogP contribution in [0, 0.1) is 17.6 Å². The highest BCUT2D eigenvalue weighted by Crippen LogP contribution is 2.37. The average molecular weight is 377 g/mol. The van der Waals surface area contributed by atoms with E-state index in [4.69, 9.17) is 15.2 Å². The Hall–Kier alpha value is -2.35. The second kappa shape index (κ2) is 8.12. The van der Waals surface area contributed by atoms with Crippen molar-refractivity contribution in [1.29, 1.82) is 0 Å². The maximum atomic E-state index is 14.2. The van der Waals surface area contributed by atoms with Crippen LogP contribution in [-0.4, -0.2) is 30.4 Å². The predicted octanol–water partition coefficient (Wildman–Crippen LogP) is 2.83. The molecule has 1 saturated heterocycles. The van der Waals surface area contributed by atoms with E-state index in [9.17, 15) is 18.7 Å². The van der Waals surface area contributed by atoms with Gasteiger partial charge in [0, 0.05) is 11.6 Å². The molecule has 144 valence electrons. The highest BCUT2D eigenvalue weighted by molar-refractivity contribution is 5.72. The Bertz CT molecular complexity index is 802. The van der Waals surface area contributed by atoms with Crippen LogP contribution in [0.1, 0.15) is 17.5 Å². The summed E-state index contributed by atoms with van der Waals surface area (Å²) in [6, 6.07) is 12.5. The first-order chi connectivity index (χ1) is 12.9. The summed E-state index contributed by atoms with van der Waals surface area (Å²) in [5.41, 5.74) is 5.59. The Balaban J connectivity index is 1.68. The molecule has 1 fully saturated rings. The number of nitrogens with two attached hydrogens (primary N) is 1. The summed E-state index contributed by atoms with van der Waals surface area (Å²) in [7, 11) is 0. The molecule has 0 radical (unpaired) electrons. The lowest BCUT2D eigenvalue weighted by Crippen LogP contribution is -2.57. The molecule has 0 amide bonds. The molecule has 0 bridgehead atoms. The molecule has 5 nitrogen and oxygen atoms in total. The summed E-state index contributed by atoms with van der Waals surface area (Å²) in [6.07, 6.45) is -0.410. The first kappa shape index (κ1) is 19.4. The minimum Gasteiger partial charge on any atom is -0.481 e. The van der Waals surface area contributed by atoms with Crippen molar-refractivity contribution < 1.29 is 28.2 Å². The monoisotopic (exact) mass is 377 g/mol. The molecule has 3 atom stereocenters. The van der Waals surface area contributed by atoms with Crippen LogP contribution in [0.5, 0.6) is 0 Å². The maximum Gasteiger partial charge on any atom is 0.308 e. The fraction of sp³-hybridized carbons (Fsp3) is 0.350. The topological polar surface area (TPSA) is 81.8 Å². The predicted molar refractivity (Wildman–Crippen MR) is 93.8 cm³/mol. The van der Waals surface area contributed by atoms with Crippen LogP contribution in [-0.2, 0) is 26.4 Å². The Morgan fingerprint density at radius 2 is 2.00 bits per heavy atom. The SMILES string of the molecule is N[C@@]1(c2ccc(F)cc2F)CO[C@@H](COCc2ccccc2)C[C@H]1C(=O)O. The quantitative estimate of drug-likeness (QED) is 0.809. The van der Waals surface area contributed by atoms with Crippen LogP contribution in [0.3, 0.4) is 0 Å². The molecule has 1 aliphatic rings. The normalized spacial score (nSPS) is 25.3. The molecule has 2 aromatic carbocycles. The Morgan fingerprint density at radius 1 is 1.26 bits per heavy atom. The number of rotatable bonds is 6. The number of aliphatic carboxylic acids is 1. The zero-order chi connectivity index (χ0) is 19.4. The van der Waals surface area contributed by atoms with Gasteiger partial charge < -0.3 is 20.3 Å². The van der Waals surface area contributed by atoms with Crippen molar-refractivity contribution in [1.82, 2.24) is 0 Å². The van der Waals surface area contributed by atoms with Gasteiger partial charge in [-0.05, 0) is 18.1 Å². The van der Waals surface area contributed by atoms with E-state index in [2.05, 4.69) is 0 Å². The van der Waals surface area contributed by atoms with E-state index in [1.54, 1.807) is 0 Å². The third-order valence-electron chi connectivity index (χ3n) is 4.82. The number of halogens is 2. The Labute approximate surface area is 155 Å². The number of carbonyl (C=O) groups is 1. The average Bonchev–Trinajstić information content (AvgIpc) is 2.63. The fourth-order valence-electron chi connectivity index (χ4n) is 3.35. The lowest BCUT2D eigenvalue weighted by molar-refractivity contribution is -0.157. The summed E-state index contributed by atoms with van der Waals surface area (Å²) in [4.78, 5) is 11.8. The molecule has 27 heavy (non-hydrogen) atoms. The van der Waals surface area contributed by atoms with E-state index in [0.717, 1.165) is 11.6 Å². The lowest BCUT2D eigenvalue weighted by atomic mass is 9.74. The lowest BCUT2D eigenvalue weighted by Gasteiger charge is -2.42. The standard InChI is InChI=1S/C20H21F2NO4/c21-14-6-7-16(18(22)8-14)20(23)12-27-15(9-17(20)19(24)25)11-26-10-13-4-2-1-3-5-13/h1-8,15,17H,9-12,23H2,(H,24,25)/t15-,17+,20-/m1/s1. The van der Waals surface area contributed by atoms with Crippen molar-refractivity contribution in [2.75, 3.05) is 13.2 Å². The van der Waals surface area contributed by atoms with Crippen molar-refractivity contribution in [3.8, 4) is 0 Å². The summed E-state index contributed by atoms with van der Waals surface area (Å²) in [5, 5.41) is 9.63. The van der Waals surface area contributed by atoms with Gasteiger partial charge >= 0.3 is 5.97 Å². The highest BCUT2D eigenvalue weighted by atomic mass is 19.1. The minimum atomic E-state index is -1.58. The van der Waals surface area contributed by atoms with Crippen LogP contribution >= 0.6 is 0 Å². The van der Waals surface area contributed by atoms with E-state index in [1.165, 1.54) is 6.07 Å². The molecule has 0 spiro atoms. The smallest absolute Gasteiger partial charge is 0.308 e. The molecule has 1 heterocycles. The number of carboxylic acid groups (broad SMARTS) is 1. The molecule has 7 heteroatoms. The zero-order valence-corrected chi connectivity index (χ0v) is 14.6. The largest absolute Gasteiger partial charge is 0.481 e. The second-order valence-corrected chi connectivity index (χ2v) is 6.72. The van der Waals surface area contributed by atoms with Gasteiger partial charge in [0.1, 0.15) is 11.6 Å². The van der Waals surface area contributed by atoms with Crippen molar-refractivity contribution in [2.24, 2.45) is 11.7 Å². The van der Waals surface area contributed by atoms with Gasteiger partial charge in [-0.1, -0.05) is 36.4 Å². The van der Waals surface area contributed by atoms with Crippen molar-refractivity contribution in [3.05, 3.63) is 71.3 Å². The number of benzene rings is 2. The third-order valence-corrected chi connectivity index (χ3v) is 4.82.